The van der Waals surface area contributed by atoms with Crippen molar-refractivity contribution in [1.82, 2.24) is 4.72 Å². The van der Waals surface area contributed by atoms with E-state index >= 15 is 0 Å². The molecule has 0 unspecified atom stereocenters. The molecule has 0 fully saturated rings. The number of aryl methyl sites for hydroxylation is 2. The van der Waals surface area contributed by atoms with E-state index in [0.29, 0.717) is 10.8 Å². The van der Waals surface area contributed by atoms with Gasteiger partial charge in [0.25, 0.3) is 0 Å². The van der Waals surface area contributed by atoms with Crippen LogP contribution in [0.1, 0.15) is 11.1 Å². The summed E-state index contributed by atoms with van der Waals surface area (Å²) in [5.74, 6) is -0.208. The van der Waals surface area contributed by atoms with E-state index in [1.54, 1.807) is 36.4 Å². The molecule has 0 aromatic heterocycles. The summed E-state index contributed by atoms with van der Waals surface area (Å²) in [4.78, 5) is 11.8. The second-order valence-corrected chi connectivity index (χ2v) is 7.74. The number of rotatable bonds is 8. The molecule has 6 nitrogen and oxygen atoms in total. The Morgan fingerprint density at radius 3 is 2.50 bits per heavy atom. The fourth-order valence-electron chi connectivity index (χ4n) is 2.04. The summed E-state index contributed by atoms with van der Waals surface area (Å²) in [6.07, 6.45) is 0. The number of carbonyl (C=O) groups is 1. The van der Waals surface area contributed by atoms with Crippen LogP contribution < -0.4 is 9.46 Å². The molecule has 0 heterocycles. The SMILES string of the molecule is Cc1ccc(S(=O)(=O)NCC(=O)OCCOc2ccccc2Cl)cc1C. The van der Waals surface area contributed by atoms with Crippen molar-refractivity contribution in [2.24, 2.45) is 0 Å². The van der Waals surface area contributed by atoms with Crippen LogP contribution >= 0.6 is 11.6 Å². The lowest BCUT2D eigenvalue weighted by Gasteiger charge is -2.10. The van der Waals surface area contributed by atoms with Crippen LogP contribution in [-0.4, -0.2) is 34.1 Å². The quantitative estimate of drug-likeness (QED) is 0.547. The molecule has 2 aromatic carbocycles. The third-order valence-electron chi connectivity index (χ3n) is 3.64. The molecule has 0 saturated carbocycles. The minimum atomic E-state index is -3.77. The number of esters is 1. The van der Waals surface area contributed by atoms with E-state index in [9.17, 15) is 13.2 Å². The van der Waals surface area contributed by atoms with E-state index < -0.39 is 22.5 Å². The fraction of sp³-hybridized carbons (Fsp3) is 0.278. The molecule has 8 heteroatoms. The van der Waals surface area contributed by atoms with Crippen molar-refractivity contribution >= 4 is 27.6 Å². The zero-order valence-electron chi connectivity index (χ0n) is 14.5. The van der Waals surface area contributed by atoms with E-state index in [1.807, 2.05) is 13.8 Å². The number of ether oxygens (including phenoxy) is 2. The van der Waals surface area contributed by atoms with Crippen LogP contribution in [0, 0.1) is 13.8 Å². The van der Waals surface area contributed by atoms with E-state index in [1.165, 1.54) is 6.07 Å². The topological polar surface area (TPSA) is 81.7 Å². The molecular formula is C18H20ClNO5S. The molecule has 0 amide bonds. The van der Waals surface area contributed by atoms with Crippen molar-refractivity contribution in [2.75, 3.05) is 19.8 Å². The highest BCUT2D eigenvalue weighted by atomic mass is 35.5. The van der Waals surface area contributed by atoms with Gasteiger partial charge in [0.2, 0.25) is 10.0 Å². The van der Waals surface area contributed by atoms with Crippen molar-refractivity contribution in [3.63, 3.8) is 0 Å². The van der Waals surface area contributed by atoms with E-state index in [4.69, 9.17) is 21.1 Å². The highest BCUT2D eigenvalue weighted by molar-refractivity contribution is 7.89. The number of hydrogen-bond donors (Lipinski definition) is 1. The van der Waals surface area contributed by atoms with E-state index in [0.717, 1.165) is 11.1 Å². The van der Waals surface area contributed by atoms with Gasteiger partial charge in [-0.15, -0.1) is 0 Å². The lowest BCUT2D eigenvalue weighted by Crippen LogP contribution is -2.31. The van der Waals surface area contributed by atoms with Crippen LogP contribution in [0.15, 0.2) is 47.4 Å². The minimum absolute atomic E-state index is 0.0184. The molecule has 0 aliphatic rings. The molecule has 140 valence electrons. The first-order valence-corrected chi connectivity index (χ1v) is 9.75. The summed E-state index contributed by atoms with van der Waals surface area (Å²) in [6, 6.07) is 11.7. The van der Waals surface area contributed by atoms with Crippen molar-refractivity contribution in [3.8, 4) is 5.75 Å². The van der Waals surface area contributed by atoms with Gasteiger partial charge in [-0.2, -0.15) is 4.72 Å². The molecule has 0 radical (unpaired) electrons. The Balaban J connectivity index is 1.77. The molecule has 1 N–H and O–H groups in total. The molecule has 0 aliphatic heterocycles. The number of para-hydroxylation sites is 1. The van der Waals surface area contributed by atoms with Crippen LogP contribution in [0.5, 0.6) is 5.75 Å². The lowest BCUT2D eigenvalue weighted by atomic mass is 10.1. The third-order valence-corrected chi connectivity index (χ3v) is 5.35. The van der Waals surface area contributed by atoms with Crippen LogP contribution in [-0.2, 0) is 19.6 Å². The highest BCUT2D eigenvalue weighted by Crippen LogP contribution is 2.22. The molecule has 0 spiro atoms. The Hall–Kier alpha value is -2.09. The zero-order valence-corrected chi connectivity index (χ0v) is 16.1. The van der Waals surface area contributed by atoms with Gasteiger partial charge in [0.05, 0.1) is 9.92 Å². The summed E-state index contributed by atoms with van der Waals surface area (Å²) in [5, 5.41) is 0.458. The number of hydrogen-bond acceptors (Lipinski definition) is 5. The van der Waals surface area contributed by atoms with Crippen molar-refractivity contribution in [3.05, 3.63) is 58.6 Å². The van der Waals surface area contributed by atoms with Crippen molar-refractivity contribution in [2.45, 2.75) is 18.7 Å². The molecule has 0 atom stereocenters. The van der Waals surface area contributed by atoms with Gasteiger partial charge >= 0.3 is 5.97 Å². The standard InChI is InChI=1S/C18H20ClNO5S/c1-13-7-8-15(11-14(13)2)26(22,23)20-12-18(21)25-10-9-24-17-6-4-3-5-16(17)19/h3-8,11,20H,9-10,12H2,1-2H3. The van der Waals surface area contributed by atoms with Gasteiger partial charge in [-0.05, 0) is 49.2 Å². The third kappa shape index (κ3) is 5.72. The Kier molecular flexibility index (Phi) is 7.02. The van der Waals surface area contributed by atoms with Gasteiger partial charge in [0.1, 0.15) is 25.5 Å². The number of nitrogens with one attached hydrogen (secondary N) is 1. The van der Waals surface area contributed by atoms with E-state index in [2.05, 4.69) is 4.72 Å². The van der Waals surface area contributed by atoms with Gasteiger partial charge in [0, 0.05) is 0 Å². The maximum Gasteiger partial charge on any atom is 0.321 e. The predicted octanol–water partition coefficient (Wildman–Crippen LogP) is 2.86. The number of benzene rings is 2. The lowest BCUT2D eigenvalue weighted by molar-refractivity contribution is -0.142. The van der Waals surface area contributed by atoms with Gasteiger partial charge in [0.15, 0.2) is 0 Å². The van der Waals surface area contributed by atoms with Gasteiger partial charge < -0.3 is 9.47 Å². The van der Waals surface area contributed by atoms with Crippen LogP contribution in [0.25, 0.3) is 0 Å². The average molecular weight is 398 g/mol. The van der Waals surface area contributed by atoms with Gasteiger partial charge in [-0.3, -0.25) is 4.79 Å². The second kappa shape index (κ2) is 9.02. The predicted molar refractivity (Wildman–Crippen MR) is 99.0 cm³/mol. The van der Waals surface area contributed by atoms with Crippen LogP contribution in [0.4, 0.5) is 0 Å². The van der Waals surface area contributed by atoms with Crippen LogP contribution in [0.3, 0.4) is 0 Å². The Bertz CT molecular complexity index is 883. The van der Waals surface area contributed by atoms with Crippen molar-refractivity contribution in [1.29, 1.82) is 0 Å². The van der Waals surface area contributed by atoms with E-state index in [-0.39, 0.29) is 18.1 Å². The summed E-state index contributed by atoms with van der Waals surface area (Å²) in [6.45, 7) is 3.35. The van der Waals surface area contributed by atoms with Crippen LogP contribution in [0.2, 0.25) is 5.02 Å². The maximum absolute atomic E-state index is 12.2. The first-order chi connectivity index (χ1) is 12.3. The monoisotopic (exact) mass is 397 g/mol. The minimum Gasteiger partial charge on any atom is -0.488 e. The molecule has 0 aliphatic carbocycles. The zero-order chi connectivity index (χ0) is 19.2. The summed E-state index contributed by atoms with van der Waals surface area (Å²) in [7, 11) is -3.77. The number of halogens is 1. The Morgan fingerprint density at radius 2 is 1.81 bits per heavy atom. The number of sulfonamides is 1. The first-order valence-electron chi connectivity index (χ1n) is 7.89. The second-order valence-electron chi connectivity index (χ2n) is 5.57. The van der Waals surface area contributed by atoms with Gasteiger partial charge in [-0.1, -0.05) is 29.8 Å². The molecule has 0 saturated heterocycles. The average Bonchev–Trinajstić information content (AvgIpc) is 2.60. The summed E-state index contributed by atoms with van der Waals surface area (Å²) < 4.78 is 36.9. The van der Waals surface area contributed by atoms with Gasteiger partial charge in [-0.25, -0.2) is 8.42 Å². The van der Waals surface area contributed by atoms with Crippen molar-refractivity contribution < 1.29 is 22.7 Å². The summed E-state index contributed by atoms with van der Waals surface area (Å²) in [5.41, 5.74) is 1.84. The fourth-order valence-corrected chi connectivity index (χ4v) is 3.28. The molecule has 26 heavy (non-hydrogen) atoms. The Labute approximate surface area is 158 Å². The maximum atomic E-state index is 12.2. The Morgan fingerprint density at radius 1 is 1.08 bits per heavy atom. The highest BCUT2D eigenvalue weighted by Gasteiger charge is 2.16. The smallest absolute Gasteiger partial charge is 0.321 e. The largest absolute Gasteiger partial charge is 0.488 e. The summed E-state index contributed by atoms with van der Waals surface area (Å²) >= 11 is 5.94. The molecule has 2 aromatic rings. The molecular weight excluding hydrogens is 378 g/mol. The molecule has 0 bridgehead atoms. The number of carbonyl (C=O) groups excluding carboxylic acids is 1. The normalized spacial score (nSPS) is 11.2. The first kappa shape index (κ1) is 20.2. The molecule has 2 rings (SSSR count).